The number of benzene rings is 1. The molecule has 0 heterocycles. The Labute approximate surface area is 64.6 Å². The third-order valence-corrected chi connectivity index (χ3v) is 1.31. The van der Waals surface area contributed by atoms with Crippen LogP contribution in [0.25, 0.3) is 5.53 Å². The Bertz CT molecular complexity index is 256. The van der Waals surface area contributed by atoms with Crippen LogP contribution in [0, 0.1) is 0 Å². The Kier molecular flexibility index (Phi) is 2.49. The molecule has 0 N–H and O–H groups in total. The number of nitrogens with zero attached hydrogens (tertiary/aromatic N) is 2. The molecule has 0 aliphatic carbocycles. The van der Waals surface area contributed by atoms with Gasteiger partial charge in [0.2, 0.25) is 0 Å². The SMILES string of the molecule is [N-]=NCC(=O)c1ccccc1. The molecule has 0 aliphatic heterocycles. The highest BCUT2D eigenvalue weighted by molar-refractivity contribution is 5.97. The first-order valence-corrected chi connectivity index (χ1v) is 3.23. The maximum absolute atomic E-state index is 11.0. The Morgan fingerprint density at radius 1 is 1.36 bits per heavy atom. The van der Waals surface area contributed by atoms with Gasteiger partial charge in [0.1, 0.15) is 0 Å². The summed E-state index contributed by atoms with van der Waals surface area (Å²) in [5, 5.41) is 2.76. The van der Waals surface area contributed by atoms with Crippen LogP contribution in [-0.2, 0) is 0 Å². The number of ketones is 1. The molecule has 0 radical (unpaired) electrons. The standard InChI is InChI=1S/C8H7N2O/c9-10-6-8(11)7-4-2-1-3-5-7/h1-5H,6H2/q-1. The van der Waals surface area contributed by atoms with Gasteiger partial charge in [0.05, 0.1) is 6.54 Å². The molecule has 0 saturated carbocycles. The van der Waals surface area contributed by atoms with Crippen molar-refractivity contribution in [3.8, 4) is 0 Å². The summed E-state index contributed by atoms with van der Waals surface area (Å²) in [6, 6.07) is 8.74. The van der Waals surface area contributed by atoms with Crippen molar-refractivity contribution >= 4 is 5.78 Å². The minimum Gasteiger partial charge on any atom is -0.712 e. The molecule has 0 fully saturated rings. The van der Waals surface area contributed by atoms with E-state index in [1.54, 1.807) is 24.3 Å². The number of carbonyl (C=O) groups is 1. The molecule has 0 saturated heterocycles. The van der Waals surface area contributed by atoms with Crippen molar-refractivity contribution in [2.75, 3.05) is 6.54 Å². The van der Waals surface area contributed by atoms with Crippen LogP contribution in [0.3, 0.4) is 0 Å². The van der Waals surface area contributed by atoms with Gasteiger partial charge in [0.25, 0.3) is 0 Å². The van der Waals surface area contributed by atoms with E-state index in [0.717, 1.165) is 0 Å². The van der Waals surface area contributed by atoms with Crippen molar-refractivity contribution in [3.63, 3.8) is 0 Å². The predicted octanol–water partition coefficient (Wildman–Crippen LogP) is 1.89. The minimum atomic E-state index is -0.173. The molecule has 0 bridgehead atoms. The van der Waals surface area contributed by atoms with Crippen LogP contribution in [0.5, 0.6) is 0 Å². The van der Waals surface area contributed by atoms with Gasteiger partial charge in [-0.3, -0.25) is 4.79 Å². The number of hydrogen-bond donors (Lipinski definition) is 0. The molecule has 1 aromatic carbocycles. The Morgan fingerprint density at radius 2 is 2.00 bits per heavy atom. The zero-order valence-electron chi connectivity index (χ0n) is 5.90. The third kappa shape index (κ3) is 1.97. The monoisotopic (exact) mass is 147 g/mol. The lowest BCUT2D eigenvalue weighted by Gasteiger charge is -1.96. The molecule has 0 aromatic heterocycles. The smallest absolute Gasteiger partial charge is 0.182 e. The molecule has 0 unspecified atom stereocenters. The summed E-state index contributed by atoms with van der Waals surface area (Å²) < 4.78 is 0. The molecule has 56 valence electrons. The molecule has 3 nitrogen and oxygen atoms in total. The maximum Gasteiger partial charge on any atom is 0.182 e. The topological polar surface area (TPSA) is 51.7 Å². The lowest BCUT2D eigenvalue weighted by atomic mass is 10.1. The fourth-order valence-electron chi connectivity index (χ4n) is 0.780. The van der Waals surface area contributed by atoms with Gasteiger partial charge in [-0.1, -0.05) is 30.3 Å². The van der Waals surface area contributed by atoms with E-state index in [4.69, 9.17) is 5.53 Å². The van der Waals surface area contributed by atoms with Crippen molar-refractivity contribution in [1.29, 1.82) is 0 Å². The molecular formula is C8H7N2O-. The van der Waals surface area contributed by atoms with Crippen molar-refractivity contribution in [3.05, 3.63) is 41.4 Å². The van der Waals surface area contributed by atoms with Gasteiger partial charge in [0.15, 0.2) is 5.78 Å². The van der Waals surface area contributed by atoms with Crippen molar-refractivity contribution in [2.24, 2.45) is 5.11 Å². The number of carbonyl (C=O) groups excluding carboxylic acids is 1. The van der Waals surface area contributed by atoms with Crippen LogP contribution in [0.15, 0.2) is 35.4 Å². The van der Waals surface area contributed by atoms with Crippen molar-refractivity contribution in [1.82, 2.24) is 0 Å². The van der Waals surface area contributed by atoms with Crippen LogP contribution in [0.4, 0.5) is 0 Å². The summed E-state index contributed by atoms with van der Waals surface area (Å²) in [5.41, 5.74) is 8.68. The quantitative estimate of drug-likeness (QED) is 0.475. The van der Waals surface area contributed by atoms with Gasteiger partial charge in [-0.05, 0) is 0 Å². The van der Waals surface area contributed by atoms with E-state index in [1.165, 1.54) is 0 Å². The molecule has 11 heavy (non-hydrogen) atoms. The zero-order valence-corrected chi connectivity index (χ0v) is 5.90. The largest absolute Gasteiger partial charge is 0.712 e. The number of hydrogen-bond acceptors (Lipinski definition) is 2. The Balaban J connectivity index is 2.77. The molecule has 3 heteroatoms. The first kappa shape index (κ1) is 7.60. The number of rotatable bonds is 3. The molecule has 0 spiro atoms. The summed E-state index contributed by atoms with van der Waals surface area (Å²) >= 11 is 0. The van der Waals surface area contributed by atoms with Gasteiger partial charge >= 0.3 is 0 Å². The van der Waals surface area contributed by atoms with Crippen molar-refractivity contribution < 1.29 is 4.79 Å². The average molecular weight is 147 g/mol. The van der Waals surface area contributed by atoms with E-state index in [-0.39, 0.29) is 12.3 Å². The fraction of sp³-hybridized carbons (Fsp3) is 0.125. The van der Waals surface area contributed by atoms with Crippen LogP contribution in [-0.4, -0.2) is 12.3 Å². The van der Waals surface area contributed by atoms with E-state index >= 15 is 0 Å². The zero-order chi connectivity index (χ0) is 8.10. The highest BCUT2D eigenvalue weighted by Gasteiger charge is 1.99. The molecule has 0 aliphatic rings. The second-order valence-electron chi connectivity index (χ2n) is 2.09. The first-order valence-electron chi connectivity index (χ1n) is 3.23. The summed E-state index contributed by atoms with van der Waals surface area (Å²) in [5.74, 6) is -0.173. The second kappa shape index (κ2) is 3.61. The van der Waals surface area contributed by atoms with Crippen LogP contribution in [0.2, 0.25) is 0 Å². The van der Waals surface area contributed by atoms with E-state index in [1.807, 2.05) is 6.07 Å². The van der Waals surface area contributed by atoms with E-state index in [2.05, 4.69) is 5.11 Å². The lowest BCUT2D eigenvalue weighted by Crippen LogP contribution is -2.01. The van der Waals surface area contributed by atoms with Gasteiger partial charge in [-0.2, -0.15) is 0 Å². The summed E-state index contributed by atoms with van der Waals surface area (Å²) in [6.07, 6.45) is 0. The summed E-state index contributed by atoms with van der Waals surface area (Å²) in [4.78, 5) is 11.0. The first-order chi connectivity index (χ1) is 5.34. The average Bonchev–Trinajstić information content (AvgIpc) is 2.07. The van der Waals surface area contributed by atoms with Crippen LogP contribution >= 0.6 is 0 Å². The third-order valence-electron chi connectivity index (χ3n) is 1.31. The lowest BCUT2D eigenvalue weighted by molar-refractivity contribution is 0.100. The van der Waals surface area contributed by atoms with Gasteiger partial charge in [0, 0.05) is 5.56 Å². The molecule has 1 aromatic rings. The molecule has 0 atom stereocenters. The minimum absolute atomic E-state index is 0.163. The number of Topliss-reactive ketones (excluding diaryl/α,β-unsaturated/α-hetero) is 1. The second-order valence-corrected chi connectivity index (χ2v) is 2.09. The fourth-order valence-corrected chi connectivity index (χ4v) is 0.780. The summed E-state index contributed by atoms with van der Waals surface area (Å²) in [7, 11) is 0. The Hall–Kier alpha value is -1.51. The molecule has 1 rings (SSSR count). The van der Waals surface area contributed by atoms with Crippen molar-refractivity contribution in [2.45, 2.75) is 0 Å². The van der Waals surface area contributed by atoms with Gasteiger partial charge in [-0.25, -0.2) is 0 Å². The van der Waals surface area contributed by atoms with E-state index in [0.29, 0.717) is 5.56 Å². The highest BCUT2D eigenvalue weighted by Crippen LogP contribution is 1.99. The van der Waals surface area contributed by atoms with Crippen LogP contribution < -0.4 is 0 Å². The van der Waals surface area contributed by atoms with E-state index < -0.39 is 0 Å². The Morgan fingerprint density at radius 3 is 2.55 bits per heavy atom. The van der Waals surface area contributed by atoms with Gasteiger partial charge < -0.3 is 10.6 Å². The molecular weight excluding hydrogens is 140 g/mol. The predicted molar refractivity (Wildman–Crippen MR) is 41.4 cm³/mol. The highest BCUT2D eigenvalue weighted by atomic mass is 16.1. The van der Waals surface area contributed by atoms with Gasteiger partial charge in [-0.15, -0.1) is 0 Å². The maximum atomic E-state index is 11.0. The normalized spacial score (nSPS) is 9.09. The summed E-state index contributed by atoms with van der Waals surface area (Å²) in [6.45, 7) is -0.163. The molecule has 0 amide bonds. The van der Waals surface area contributed by atoms with Crippen LogP contribution in [0.1, 0.15) is 10.4 Å². The van der Waals surface area contributed by atoms with E-state index in [9.17, 15) is 4.79 Å².